The SMILES string of the molecule is Cc1cc(Br)c(C(Cl)c2cc(Br)ccc2Br)s1. The van der Waals surface area contributed by atoms with Crippen LogP contribution in [-0.2, 0) is 0 Å². The molecule has 1 aromatic heterocycles. The van der Waals surface area contributed by atoms with Gasteiger partial charge in [0.15, 0.2) is 0 Å². The van der Waals surface area contributed by atoms with Crippen LogP contribution in [0.25, 0.3) is 0 Å². The molecule has 17 heavy (non-hydrogen) atoms. The van der Waals surface area contributed by atoms with Crippen LogP contribution < -0.4 is 0 Å². The van der Waals surface area contributed by atoms with Crippen LogP contribution in [0.2, 0.25) is 0 Å². The summed E-state index contributed by atoms with van der Waals surface area (Å²) in [6, 6.07) is 8.14. The van der Waals surface area contributed by atoms with Crippen LogP contribution >= 0.6 is 70.7 Å². The summed E-state index contributed by atoms with van der Waals surface area (Å²) in [5, 5.41) is -0.144. The lowest BCUT2D eigenvalue weighted by atomic mass is 10.1. The van der Waals surface area contributed by atoms with Gasteiger partial charge in [-0.2, -0.15) is 0 Å². The lowest BCUT2D eigenvalue weighted by Gasteiger charge is -2.11. The van der Waals surface area contributed by atoms with Gasteiger partial charge in [-0.1, -0.05) is 31.9 Å². The first kappa shape index (κ1) is 14.1. The molecule has 0 aliphatic carbocycles. The monoisotopic (exact) mass is 456 g/mol. The second kappa shape index (κ2) is 5.74. The highest BCUT2D eigenvalue weighted by Gasteiger charge is 2.19. The molecule has 0 saturated carbocycles. The minimum absolute atomic E-state index is 0.144. The maximum absolute atomic E-state index is 6.56. The van der Waals surface area contributed by atoms with Crippen molar-refractivity contribution in [3.05, 3.63) is 53.0 Å². The Bertz CT molecular complexity index is 551. The average Bonchev–Trinajstić information content (AvgIpc) is 2.60. The number of halogens is 4. The molecule has 0 spiro atoms. The van der Waals surface area contributed by atoms with E-state index in [0.717, 1.165) is 23.9 Å². The van der Waals surface area contributed by atoms with Crippen molar-refractivity contribution in [1.82, 2.24) is 0 Å². The van der Waals surface area contributed by atoms with Gasteiger partial charge in [0, 0.05) is 23.2 Å². The van der Waals surface area contributed by atoms with Gasteiger partial charge in [0.1, 0.15) is 0 Å². The molecule has 0 amide bonds. The van der Waals surface area contributed by atoms with Gasteiger partial charge in [-0.05, 0) is 52.7 Å². The third kappa shape index (κ3) is 3.16. The van der Waals surface area contributed by atoms with Crippen LogP contribution in [0.15, 0.2) is 37.7 Å². The van der Waals surface area contributed by atoms with Crippen molar-refractivity contribution >= 4 is 70.7 Å². The fourth-order valence-corrected chi connectivity index (χ4v) is 4.95. The van der Waals surface area contributed by atoms with Crippen molar-refractivity contribution in [2.45, 2.75) is 12.3 Å². The Morgan fingerprint density at radius 2 is 1.82 bits per heavy atom. The number of hydrogen-bond acceptors (Lipinski definition) is 1. The van der Waals surface area contributed by atoms with E-state index in [1.54, 1.807) is 11.3 Å². The van der Waals surface area contributed by atoms with E-state index in [0.29, 0.717) is 0 Å². The molecule has 0 radical (unpaired) electrons. The zero-order chi connectivity index (χ0) is 12.6. The maximum Gasteiger partial charge on any atom is 0.0950 e. The maximum atomic E-state index is 6.56. The van der Waals surface area contributed by atoms with Crippen molar-refractivity contribution in [3.63, 3.8) is 0 Å². The van der Waals surface area contributed by atoms with Gasteiger partial charge in [-0.15, -0.1) is 22.9 Å². The minimum Gasteiger partial charge on any atom is -0.143 e. The first-order chi connectivity index (χ1) is 7.99. The molecule has 1 atom stereocenters. The van der Waals surface area contributed by atoms with E-state index in [1.807, 2.05) is 18.2 Å². The second-order valence-corrected chi connectivity index (χ2v) is 7.95. The van der Waals surface area contributed by atoms with Crippen molar-refractivity contribution in [1.29, 1.82) is 0 Å². The average molecular weight is 459 g/mol. The van der Waals surface area contributed by atoms with Crippen molar-refractivity contribution in [2.24, 2.45) is 0 Å². The molecule has 0 bridgehead atoms. The number of hydrogen-bond donors (Lipinski definition) is 0. The molecule has 0 nitrogen and oxygen atoms in total. The molecule has 2 rings (SSSR count). The Labute approximate surface area is 135 Å². The normalized spacial score (nSPS) is 12.8. The predicted octanol–water partition coefficient (Wildman–Crippen LogP) is 6.67. The number of aryl methyl sites for hydroxylation is 1. The van der Waals surface area contributed by atoms with Gasteiger partial charge in [-0.3, -0.25) is 0 Å². The summed E-state index contributed by atoms with van der Waals surface area (Å²) in [7, 11) is 0. The number of alkyl halides is 1. The lowest BCUT2D eigenvalue weighted by molar-refractivity contribution is 1.16. The fraction of sp³-hybridized carbons (Fsp3) is 0.167. The molecule has 0 aliphatic heterocycles. The van der Waals surface area contributed by atoms with E-state index in [4.69, 9.17) is 11.6 Å². The van der Waals surface area contributed by atoms with E-state index in [2.05, 4.69) is 60.8 Å². The van der Waals surface area contributed by atoms with Crippen LogP contribution in [0.1, 0.15) is 20.7 Å². The Hall–Kier alpha value is 0.650. The summed E-state index contributed by atoms with van der Waals surface area (Å²) in [5.74, 6) is 0. The van der Waals surface area contributed by atoms with Gasteiger partial charge >= 0.3 is 0 Å². The number of rotatable bonds is 2. The van der Waals surface area contributed by atoms with Gasteiger partial charge in [0.25, 0.3) is 0 Å². The molecule has 90 valence electrons. The first-order valence-electron chi connectivity index (χ1n) is 4.84. The number of thiophene rings is 1. The summed E-state index contributed by atoms with van der Waals surface area (Å²) in [5.41, 5.74) is 1.07. The Balaban J connectivity index is 2.46. The summed E-state index contributed by atoms with van der Waals surface area (Å²) < 4.78 is 3.14. The topological polar surface area (TPSA) is 0 Å². The van der Waals surface area contributed by atoms with Crippen molar-refractivity contribution in [3.8, 4) is 0 Å². The predicted molar refractivity (Wildman–Crippen MR) is 86.3 cm³/mol. The van der Waals surface area contributed by atoms with Gasteiger partial charge in [0.05, 0.1) is 5.38 Å². The van der Waals surface area contributed by atoms with E-state index < -0.39 is 0 Å². The Morgan fingerprint density at radius 3 is 2.41 bits per heavy atom. The fourth-order valence-electron chi connectivity index (χ4n) is 1.52. The molecule has 0 N–H and O–H groups in total. The van der Waals surface area contributed by atoms with Crippen LogP contribution in [0.5, 0.6) is 0 Å². The molecule has 0 saturated heterocycles. The molecule has 2 aromatic rings. The number of benzene rings is 1. The highest BCUT2D eigenvalue weighted by molar-refractivity contribution is 9.11. The van der Waals surface area contributed by atoms with E-state index >= 15 is 0 Å². The van der Waals surface area contributed by atoms with Gasteiger partial charge in [0.2, 0.25) is 0 Å². The standard InChI is InChI=1S/C12H8Br3ClS/c1-6-4-10(15)12(17-6)11(16)8-5-7(13)2-3-9(8)14/h2-5,11H,1H3. The third-order valence-electron chi connectivity index (χ3n) is 2.30. The highest BCUT2D eigenvalue weighted by atomic mass is 79.9. The highest BCUT2D eigenvalue weighted by Crippen LogP contribution is 2.42. The molecular formula is C12H8Br3ClS. The second-order valence-electron chi connectivity index (χ2n) is 3.60. The van der Waals surface area contributed by atoms with Crippen LogP contribution in [0.3, 0.4) is 0 Å². The Morgan fingerprint density at radius 1 is 1.12 bits per heavy atom. The molecule has 1 aromatic carbocycles. The minimum atomic E-state index is -0.144. The van der Waals surface area contributed by atoms with Crippen molar-refractivity contribution in [2.75, 3.05) is 0 Å². The van der Waals surface area contributed by atoms with Gasteiger partial charge in [-0.25, -0.2) is 0 Å². The van der Waals surface area contributed by atoms with Crippen LogP contribution in [0, 0.1) is 6.92 Å². The van der Waals surface area contributed by atoms with Crippen LogP contribution in [0.4, 0.5) is 0 Å². The zero-order valence-electron chi connectivity index (χ0n) is 8.81. The summed E-state index contributed by atoms with van der Waals surface area (Å²) >= 11 is 18.8. The molecule has 1 unspecified atom stereocenters. The molecule has 0 fully saturated rings. The first-order valence-corrected chi connectivity index (χ1v) is 8.47. The van der Waals surface area contributed by atoms with E-state index in [9.17, 15) is 0 Å². The molecule has 5 heteroatoms. The summed E-state index contributed by atoms with van der Waals surface area (Å²) in [6.45, 7) is 2.08. The zero-order valence-corrected chi connectivity index (χ0v) is 15.1. The van der Waals surface area contributed by atoms with E-state index in [-0.39, 0.29) is 5.38 Å². The largest absolute Gasteiger partial charge is 0.143 e. The molecule has 1 heterocycles. The van der Waals surface area contributed by atoms with Gasteiger partial charge < -0.3 is 0 Å². The summed E-state index contributed by atoms with van der Waals surface area (Å²) in [4.78, 5) is 2.40. The quantitative estimate of drug-likeness (QED) is 0.440. The Kier molecular flexibility index (Phi) is 4.75. The molecule has 0 aliphatic rings. The summed E-state index contributed by atoms with van der Waals surface area (Å²) in [6.07, 6.45) is 0. The molecular weight excluding hydrogens is 451 g/mol. The van der Waals surface area contributed by atoms with E-state index in [1.165, 1.54) is 4.88 Å². The smallest absolute Gasteiger partial charge is 0.0950 e. The van der Waals surface area contributed by atoms with Crippen LogP contribution in [-0.4, -0.2) is 0 Å². The third-order valence-corrected chi connectivity index (χ3v) is 6.13. The van der Waals surface area contributed by atoms with Crippen molar-refractivity contribution < 1.29 is 0 Å². The lowest BCUT2D eigenvalue weighted by Crippen LogP contribution is -1.92.